The van der Waals surface area contributed by atoms with Crippen LogP contribution < -0.4 is 5.73 Å². The highest BCUT2D eigenvalue weighted by atomic mass is 32.1. The predicted octanol–water partition coefficient (Wildman–Crippen LogP) is 2.00. The van der Waals surface area contributed by atoms with Gasteiger partial charge in [0, 0.05) is 6.04 Å². The first-order valence-corrected chi connectivity index (χ1v) is 5.62. The van der Waals surface area contributed by atoms with Crippen LogP contribution in [0.4, 0.5) is 0 Å². The van der Waals surface area contributed by atoms with Gasteiger partial charge in [-0.05, 0) is 35.2 Å². The molecule has 1 atom stereocenters. The molecule has 2 rings (SSSR count). The minimum Gasteiger partial charge on any atom is -0.481 e. The molecule has 0 spiro atoms. The van der Waals surface area contributed by atoms with Gasteiger partial charge < -0.3 is 10.8 Å². The highest BCUT2D eigenvalue weighted by molar-refractivity contribution is 7.07. The minimum atomic E-state index is -0.748. The van der Waals surface area contributed by atoms with Gasteiger partial charge in [0.2, 0.25) is 0 Å². The Morgan fingerprint density at radius 2 is 2.36 bits per heavy atom. The third-order valence-corrected chi connectivity index (χ3v) is 3.87. The van der Waals surface area contributed by atoms with Crippen molar-refractivity contribution in [2.75, 3.05) is 0 Å². The van der Waals surface area contributed by atoms with Crippen molar-refractivity contribution < 1.29 is 9.90 Å². The van der Waals surface area contributed by atoms with E-state index in [4.69, 9.17) is 5.73 Å². The summed E-state index contributed by atoms with van der Waals surface area (Å²) in [7, 11) is 0. The van der Waals surface area contributed by atoms with Gasteiger partial charge in [0.05, 0.1) is 5.41 Å². The number of carbonyl (C=O) groups is 1. The lowest BCUT2D eigenvalue weighted by atomic mass is 9.63. The summed E-state index contributed by atoms with van der Waals surface area (Å²) in [6, 6.07) is 1.57. The predicted molar refractivity (Wildman–Crippen MR) is 55.2 cm³/mol. The van der Waals surface area contributed by atoms with Crippen molar-refractivity contribution in [3.05, 3.63) is 22.4 Å². The summed E-state index contributed by atoms with van der Waals surface area (Å²) in [5, 5.41) is 13.0. The summed E-state index contributed by atoms with van der Waals surface area (Å²) in [6.45, 7) is 0. The Morgan fingerprint density at radius 3 is 2.71 bits per heavy atom. The summed E-state index contributed by atoms with van der Waals surface area (Å²) < 4.78 is 0. The summed E-state index contributed by atoms with van der Waals surface area (Å²) in [5.74, 6) is -0.748. The first kappa shape index (κ1) is 9.68. The molecule has 1 aliphatic rings. The molecule has 0 aliphatic heterocycles. The molecule has 3 nitrogen and oxygen atoms in total. The van der Waals surface area contributed by atoms with Gasteiger partial charge >= 0.3 is 5.97 Å². The maximum atomic E-state index is 11.2. The third-order valence-electron chi connectivity index (χ3n) is 3.17. The molecule has 1 aromatic heterocycles. The maximum absolute atomic E-state index is 11.2. The van der Waals surface area contributed by atoms with Crippen molar-refractivity contribution in [2.45, 2.75) is 25.3 Å². The van der Waals surface area contributed by atoms with Crippen LogP contribution in [0.25, 0.3) is 0 Å². The van der Waals surface area contributed by atoms with Crippen LogP contribution in [0, 0.1) is 5.41 Å². The van der Waals surface area contributed by atoms with E-state index in [0.717, 1.165) is 12.0 Å². The van der Waals surface area contributed by atoms with Crippen LogP contribution >= 0.6 is 11.3 Å². The van der Waals surface area contributed by atoms with Gasteiger partial charge in [0.1, 0.15) is 0 Å². The van der Waals surface area contributed by atoms with Crippen LogP contribution in [0.2, 0.25) is 0 Å². The van der Waals surface area contributed by atoms with Crippen LogP contribution in [0.15, 0.2) is 16.8 Å². The normalized spacial score (nSPS) is 21.2. The van der Waals surface area contributed by atoms with Crippen LogP contribution in [-0.2, 0) is 4.79 Å². The first-order valence-electron chi connectivity index (χ1n) is 4.68. The van der Waals surface area contributed by atoms with Crippen molar-refractivity contribution in [3.8, 4) is 0 Å². The number of nitrogens with two attached hydrogens (primary N) is 1. The molecule has 3 N–H and O–H groups in total. The topological polar surface area (TPSA) is 63.3 Å². The van der Waals surface area contributed by atoms with Gasteiger partial charge in [-0.25, -0.2) is 0 Å². The fraction of sp³-hybridized carbons (Fsp3) is 0.500. The molecule has 4 heteroatoms. The van der Waals surface area contributed by atoms with E-state index in [0.29, 0.717) is 12.8 Å². The second-order valence-electron chi connectivity index (χ2n) is 3.85. The van der Waals surface area contributed by atoms with Crippen LogP contribution in [0.3, 0.4) is 0 Å². The Labute approximate surface area is 86.6 Å². The van der Waals surface area contributed by atoms with Crippen molar-refractivity contribution in [1.82, 2.24) is 0 Å². The Kier molecular flexibility index (Phi) is 2.33. The van der Waals surface area contributed by atoms with E-state index in [9.17, 15) is 9.90 Å². The molecule has 1 saturated carbocycles. The average molecular weight is 211 g/mol. The molecule has 14 heavy (non-hydrogen) atoms. The van der Waals surface area contributed by atoms with E-state index >= 15 is 0 Å². The molecule has 1 aromatic rings. The van der Waals surface area contributed by atoms with Gasteiger partial charge in [-0.15, -0.1) is 0 Å². The zero-order valence-electron chi connectivity index (χ0n) is 7.77. The summed E-state index contributed by atoms with van der Waals surface area (Å²) in [5.41, 5.74) is 6.27. The molecule has 1 aliphatic carbocycles. The number of thiophene rings is 1. The van der Waals surface area contributed by atoms with Crippen molar-refractivity contribution in [2.24, 2.45) is 11.1 Å². The quantitative estimate of drug-likeness (QED) is 0.803. The average Bonchev–Trinajstić information content (AvgIpc) is 2.51. The SMILES string of the molecule is NC(c1ccsc1)C1(C(=O)O)CCC1. The molecule has 0 bridgehead atoms. The fourth-order valence-corrected chi connectivity index (χ4v) is 2.68. The number of carboxylic acids is 1. The summed E-state index contributed by atoms with van der Waals surface area (Å²) in [4.78, 5) is 11.2. The Hall–Kier alpha value is -0.870. The van der Waals surface area contributed by atoms with E-state index in [2.05, 4.69) is 0 Å². The van der Waals surface area contributed by atoms with E-state index in [-0.39, 0.29) is 6.04 Å². The van der Waals surface area contributed by atoms with Crippen molar-refractivity contribution in [3.63, 3.8) is 0 Å². The lowest BCUT2D eigenvalue weighted by Crippen LogP contribution is -2.46. The van der Waals surface area contributed by atoms with E-state index < -0.39 is 11.4 Å². The molecule has 0 aromatic carbocycles. The minimum absolute atomic E-state index is 0.347. The van der Waals surface area contributed by atoms with Gasteiger partial charge in [0.15, 0.2) is 0 Å². The second kappa shape index (κ2) is 3.37. The molecule has 0 radical (unpaired) electrons. The first-order chi connectivity index (χ1) is 6.67. The number of carboxylic acid groups (broad SMARTS) is 1. The van der Waals surface area contributed by atoms with Gasteiger partial charge in [-0.2, -0.15) is 11.3 Å². The largest absolute Gasteiger partial charge is 0.481 e. The number of hydrogen-bond donors (Lipinski definition) is 2. The monoisotopic (exact) mass is 211 g/mol. The summed E-state index contributed by atoms with van der Waals surface area (Å²) in [6.07, 6.45) is 2.39. The Morgan fingerprint density at radius 1 is 1.64 bits per heavy atom. The van der Waals surface area contributed by atoms with Gasteiger partial charge in [-0.1, -0.05) is 6.42 Å². The summed E-state index contributed by atoms with van der Waals surface area (Å²) >= 11 is 1.56. The standard InChI is InChI=1S/C10H13NO2S/c11-8(7-2-5-14-6-7)10(9(12)13)3-1-4-10/h2,5-6,8H,1,3-4,11H2,(H,12,13). The van der Waals surface area contributed by atoms with Gasteiger partial charge in [0.25, 0.3) is 0 Å². The zero-order chi connectivity index (χ0) is 10.2. The van der Waals surface area contributed by atoms with Crippen molar-refractivity contribution in [1.29, 1.82) is 0 Å². The lowest BCUT2D eigenvalue weighted by molar-refractivity contribution is -0.156. The van der Waals surface area contributed by atoms with E-state index in [1.54, 1.807) is 11.3 Å². The van der Waals surface area contributed by atoms with E-state index in [1.165, 1.54) is 0 Å². The van der Waals surface area contributed by atoms with Crippen LogP contribution in [-0.4, -0.2) is 11.1 Å². The third kappa shape index (κ3) is 1.26. The second-order valence-corrected chi connectivity index (χ2v) is 4.63. The number of rotatable bonds is 3. The Balaban J connectivity index is 2.25. The zero-order valence-corrected chi connectivity index (χ0v) is 8.59. The Bertz CT molecular complexity index is 330. The maximum Gasteiger partial charge on any atom is 0.311 e. The fourth-order valence-electron chi connectivity index (χ4n) is 1.99. The van der Waals surface area contributed by atoms with Gasteiger partial charge in [-0.3, -0.25) is 4.79 Å². The highest BCUT2D eigenvalue weighted by Crippen LogP contribution is 2.49. The lowest BCUT2D eigenvalue weighted by Gasteiger charge is -2.42. The van der Waals surface area contributed by atoms with Crippen LogP contribution in [0.1, 0.15) is 30.9 Å². The molecule has 1 unspecified atom stereocenters. The van der Waals surface area contributed by atoms with E-state index in [1.807, 2.05) is 16.8 Å². The molecular formula is C10H13NO2S. The molecular weight excluding hydrogens is 198 g/mol. The molecule has 1 heterocycles. The molecule has 0 amide bonds. The number of hydrogen-bond acceptors (Lipinski definition) is 3. The highest BCUT2D eigenvalue weighted by Gasteiger charge is 2.49. The number of aliphatic carboxylic acids is 1. The van der Waals surface area contributed by atoms with Crippen LogP contribution in [0.5, 0.6) is 0 Å². The molecule has 76 valence electrons. The smallest absolute Gasteiger partial charge is 0.311 e. The molecule has 0 saturated heterocycles. The van der Waals surface area contributed by atoms with Crippen molar-refractivity contribution >= 4 is 17.3 Å². The molecule has 1 fully saturated rings.